The summed E-state index contributed by atoms with van der Waals surface area (Å²) >= 11 is 0. The van der Waals surface area contributed by atoms with Crippen LogP contribution in [0.15, 0.2) is 0 Å². The molecule has 0 aromatic carbocycles. The summed E-state index contributed by atoms with van der Waals surface area (Å²) in [6.07, 6.45) is 7.49. The molecule has 3 rings (SSSR count). The quantitative estimate of drug-likeness (QED) is 0.743. The fraction of sp³-hybridized carbons (Fsp3) is 1.00. The highest BCUT2D eigenvalue weighted by atomic mass is 15.2. The first-order chi connectivity index (χ1) is 7.26. The molecule has 2 heterocycles. The van der Waals surface area contributed by atoms with Gasteiger partial charge in [0.25, 0.3) is 0 Å². The second-order valence-corrected chi connectivity index (χ2v) is 6.38. The Morgan fingerprint density at radius 3 is 2.40 bits per heavy atom. The van der Waals surface area contributed by atoms with E-state index >= 15 is 0 Å². The molecule has 1 saturated carbocycles. The van der Waals surface area contributed by atoms with Gasteiger partial charge in [-0.05, 0) is 69.5 Å². The van der Waals surface area contributed by atoms with Crippen LogP contribution in [0, 0.1) is 17.3 Å². The highest BCUT2D eigenvalue weighted by Gasteiger charge is 2.50. The summed E-state index contributed by atoms with van der Waals surface area (Å²) in [4.78, 5) is 2.47. The molecule has 0 amide bonds. The van der Waals surface area contributed by atoms with E-state index in [1.165, 1.54) is 45.4 Å². The Morgan fingerprint density at radius 2 is 1.80 bits per heavy atom. The van der Waals surface area contributed by atoms with Crippen molar-refractivity contribution in [2.45, 2.75) is 32.1 Å². The molecule has 0 aromatic rings. The van der Waals surface area contributed by atoms with Gasteiger partial charge in [0.1, 0.15) is 0 Å². The van der Waals surface area contributed by atoms with Gasteiger partial charge in [0.15, 0.2) is 0 Å². The van der Waals surface area contributed by atoms with Gasteiger partial charge in [-0.1, -0.05) is 0 Å². The van der Waals surface area contributed by atoms with E-state index in [0.717, 1.165) is 17.3 Å². The molecule has 0 atom stereocenters. The Morgan fingerprint density at radius 1 is 1.13 bits per heavy atom. The fourth-order valence-corrected chi connectivity index (χ4v) is 4.28. The van der Waals surface area contributed by atoms with E-state index in [4.69, 9.17) is 0 Å². The van der Waals surface area contributed by atoms with Crippen LogP contribution in [0.1, 0.15) is 32.1 Å². The zero-order chi connectivity index (χ0) is 10.3. The van der Waals surface area contributed by atoms with E-state index in [2.05, 4.69) is 17.3 Å². The van der Waals surface area contributed by atoms with Gasteiger partial charge < -0.3 is 10.2 Å². The summed E-state index contributed by atoms with van der Waals surface area (Å²) in [7, 11) is 2.26. The maximum atomic E-state index is 3.46. The first-order valence-electron chi connectivity index (χ1n) is 6.65. The van der Waals surface area contributed by atoms with Gasteiger partial charge in [-0.2, -0.15) is 0 Å². The molecule has 2 nitrogen and oxygen atoms in total. The van der Waals surface area contributed by atoms with Gasteiger partial charge in [-0.3, -0.25) is 0 Å². The van der Waals surface area contributed by atoms with E-state index in [0.29, 0.717) is 0 Å². The number of nitrogens with zero attached hydrogens (tertiary/aromatic N) is 1. The van der Waals surface area contributed by atoms with Gasteiger partial charge in [-0.15, -0.1) is 0 Å². The molecule has 0 bridgehead atoms. The average molecular weight is 208 g/mol. The Balaban J connectivity index is 1.40. The van der Waals surface area contributed by atoms with Crippen molar-refractivity contribution in [3.63, 3.8) is 0 Å². The number of rotatable bonds is 2. The molecule has 1 N–H and O–H groups in total. The van der Waals surface area contributed by atoms with Crippen LogP contribution in [0.3, 0.4) is 0 Å². The molecule has 1 spiro atoms. The zero-order valence-electron chi connectivity index (χ0n) is 9.97. The molecule has 15 heavy (non-hydrogen) atoms. The largest absolute Gasteiger partial charge is 0.317 e. The third-order valence-electron chi connectivity index (χ3n) is 4.78. The molecule has 2 saturated heterocycles. The normalized spacial score (nSPS) is 32.6. The van der Waals surface area contributed by atoms with Crippen LogP contribution in [0.4, 0.5) is 0 Å². The van der Waals surface area contributed by atoms with Gasteiger partial charge in [0.05, 0.1) is 0 Å². The summed E-state index contributed by atoms with van der Waals surface area (Å²) in [5.74, 6) is 2.13. The summed E-state index contributed by atoms with van der Waals surface area (Å²) in [6.45, 7) is 5.31. The Kier molecular flexibility index (Phi) is 2.52. The monoisotopic (exact) mass is 208 g/mol. The lowest BCUT2D eigenvalue weighted by atomic mass is 9.56. The lowest BCUT2D eigenvalue weighted by Crippen LogP contribution is -2.60. The van der Waals surface area contributed by atoms with Crippen molar-refractivity contribution in [3.05, 3.63) is 0 Å². The third kappa shape index (κ3) is 1.94. The molecule has 0 aromatic heterocycles. The van der Waals surface area contributed by atoms with Crippen LogP contribution in [0.25, 0.3) is 0 Å². The van der Waals surface area contributed by atoms with E-state index in [1.54, 1.807) is 12.8 Å². The Bertz CT molecular complexity index is 219. The maximum absolute atomic E-state index is 3.46. The summed E-state index contributed by atoms with van der Waals surface area (Å²) in [6, 6.07) is 0. The van der Waals surface area contributed by atoms with Crippen molar-refractivity contribution in [1.82, 2.24) is 10.2 Å². The summed E-state index contributed by atoms with van der Waals surface area (Å²) in [5.41, 5.74) is 0.798. The van der Waals surface area contributed by atoms with Crippen LogP contribution in [-0.2, 0) is 0 Å². The van der Waals surface area contributed by atoms with E-state index in [-0.39, 0.29) is 0 Å². The number of likely N-dealkylation sites (tertiary alicyclic amines) is 1. The highest BCUT2D eigenvalue weighted by molar-refractivity contribution is 5.03. The van der Waals surface area contributed by atoms with Crippen molar-refractivity contribution in [1.29, 1.82) is 0 Å². The lowest BCUT2D eigenvalue weighted by molar-refractivity contribution is -0.0879. The Labute approximate surface area is 93.4 Å². The topological polar surface area (TPSA) is 15.3 Å². The molecule has 1 aliphatic carbocycles. The second-order valence-electron chi connectivity index (χ2n) is 6.38. The molecule has 2 heteroatoms. The minimum Gasteiger partial charge on any atom is -0.317 e. The minimum absolute atomic E-state index is 0.798. The number of piperidine rings is 1. The standard InChI is InChI=1S/C13H24N2/c1-15-9-13(10-15)7-12(8-13)6-11-2-4-14-5-3-11/h11-12,14H,2-10H2,1H3. The molecule has 3 aliphatic rings. The van der Waals surface area contributed by atoms with Gasteiger partial charge in [-0.25, -0.2) is 0 Å². The zero-order valence-corrected chi connectivity index (χ0v) is 9.97. The Hall–Kier alpha value is -0.0800. The smallest absolute Gasteiger partial charge is 0.00476 e. The van der Waals surface area contributed by atoms with Crippen molar-refractivity contribution in [2.75, 3.05) is 33.2 Å². The van der Waals surface area contributed by atoms with Gasteiger partial charge in [0.2, 0.25) is 0 Å². The first-order valence-corrected chi connectivity index (χ1v) is 6.65. The predicted octanol–water partition coefficient (Wildman–Crippen LogP) is 1.72. The predicted molar refractivity (Wildman–Crippen MR) is 62.9 cm³/mol. The van der Waals surface area contributed by atoms with Crippen LogP contribution in [-0.4, -0.2) is 38.1 Å². The molecule has 0 radical (unpaired) electrons. The minimum atomic E-state index is 0.798. The summed E-state index contributed by atoms with van der Waals surface area (Å²) < 4.78 is 0. The molecule has 3 fully saturated rings. The van der Waals surface area contributed by atoms with E-state index in [1.807, 2.05) is 0 Å². The maximum Gasteiger partial charge on any atom is 0.00476 e. The molecular formula is C13H24N2. The van der Waals surface area contributed by atoms with Crippen molar-refractivity contribution < 1.29 is 0 Å². The van der Waals surface area contributed by atoms with Crippen molar-refractivity contribution in [2.24, 2.45) is 17.3 Å². The molecule has 0 unspecified atom stereocenters. The molecular weight excluding hydrogens is 184 g/mol. The number of hydrogen-bond acceptors (Lipinski definition) is 2. The molecule has 2 aliphatic heterocycles. The number of hydrogen-bond donors (Lipinski definition) is 1. The van der Waals surface area contributed by atoms with E-state index < -0.39 is 0 Å². The van der Waals surface area contributed by atoms with Crippen LogP contribution >= 0.6 is 0 Å². The fourth-order valence-electron chi connectivity index (χ4n) is 4.28. The second kappa shape index (κ2) is 3.74. The van der Waals surface area contributed by atoms with Crippen LogP contribution in [0.5, 0.6) is 0 Å². The molecule has 86 valence electrons. The lowest BCUT2D eigenvalue weighted by Gasteiger charge is -2.59. The number of nitrogens with one attached hydrogen (secondary N) is 1. The highest BCUT2D eigenvalue weighted by Crippen LogP contribution is 2.53. The van der Waals surface area contributed by atoms with Crippen molar-refractivity contribution in [3.8, 4) is 0 Å². The van der Waals surface area contributed by atoms with Crippen LogP contribution in [0.2, 0.25) is 0 Å². The van der Waals surface area contributed by atoms with E-state index in [9.17, 15) is 0 Å². The SMILES string of the molecule is CN1CC2(CC(CC3CCNCC3)C2)C1. The average Bonchev–Trinajstić information content (AvgIpc) is 2.14. The first kappa shape index (κ1) is 10.1. The van der Waals surface area contributed by atoms with Gasteiger partial charge >= 0.3 is 0 Å². The van der Waals surface area contributed by atoms with Gasteiger partial charge in [0, 0.05) is 13.1 Å². The van der Waals surface area contributed by atoms with Crippen molar-refractivity contribution >= 4 is 0 Å². The van der Waals surface area contributed by atoms with Crippen LogP contribution < -0.4 is 5.32 Å². The third-order valence-corrected chi connectivity index (χ3v) is 4.78. The summed E-state index contributed by atoms with van der Waals surface area (Å²) in [5, 5.41) is 3.46.